The zero-order chi connectivity index (χ0) is 12.5. The van der Waals surface area contributed by atoms with E-state index in [0.29, 0.717) is 19.1 Å². The molecule has 1 rings (SSSR count). The van der Waals surface area contributed by atoms with Crippen LogP contribution in [0.15, 0.2) is 24.3 Å². The van der Waals surface area contributed by atoms with E-state index in [0.717, 1.165) is 18.8 Å². The molecule has 0 aliphatic rings. The molecule has 0 fully saturated rings. The fourth-order valence-electron chi connectivity index (χ4n) is 1.58. The molecule has 96 valence electrons. The Balaban J connectivity index is 2.18. The molecule has 0 unspecified atom stereocenters. The Morgan fingerprint density at radius 2 is 1.76 bits per heavy atom. The summed E-state index contributed by atoms with van der Waals surface area (Å²) in [6, 6.07) is 8.34. The van der Waals surface area contributed by atoms with Gasteiger partial charge >= 0.3 is 0 Å². The Hall–Kier alpha value is -1.02. The molecule has 0 amide bonds. The van der Waals surface area contributed by atoms with Gasteiger partial charge in [0.15, 0.2) is 0 Å². The van der Waals surface area contributed by atoms with Gasteiger partial charge in [0.1, 0.15) is 12.4 Å². The lowest BCUT2D eigenvalue weighted by Crippen LogP contribution is -2.10. The van der Waals surface area contributed by atoms with Gasteiger partial charge in [-0.25, -0.2) is 0 Å². The van der Waals surface area contributed by atoms with Crippen LogP contribution in [0.3, 0.4) is 0 Å². The lowest BCUT2D eigenvalue weighted by atomic mass is 10.1. The fraction of sp³-hybridized carbons (Fsp3) is 0.600. The maximum Gasteiger partial charge on any atom is 0.119 e. The average molecular weight is 236 g/mol. The van der Waals surface area contributed by atoms with Crippen molar-refractivity contribution < 1.29 is 9.47 Å². The van der Waals surface area contributed by atoms with Crippen molar-refractivity contribution >= 4 is 0 Å². The van der Waals surface area contributed by atoms with Gasteiger partial charge in [0, 0.05) is 6.61 Å². The average Bonchev–Trinajstić information content (AvgIpc) is 2.31. The zero-order valence-corrected chi connectivity index (χ0v) is 11.2. The molecule has 0 N–H and O–H groups in total. The molecule has 1 aromatic rings. The maximum absolute atomic E-state index is 5.60. The van der Waals surface area contributed by atoms with Crippen molar-refractivity contribution in [1.29, 1.82) is 0 Å². The van der Waals surface area contributed by atoms with E-state index in [-0.39, 0.29) is 0 Å². The molecule has 0 aliphatic carbocycles. The standard InChI is InChI=1S/C15H24O2/c1-4-5-14-6-8-15(9-7-14)17-11-10-16-12-13(2)3/h6-9,13H,4-5,10-12H2,1-3H3. The molecule has 0 atom stereocenters. The van der Waals surface area contributed by atoms with E-state index in [2.05, 4.69) is 32.9 Å². The SMILES string of the molecule is CCCc1ccc(OCCOCC(C)C)cc1. The first-order valence-corrected chi connectivity index (χ1v) is 6.52. The van der Waals surface area contributed by atoms with E-state index < -0.39 is 0 Å². The van der Waals surface area contributed by atoms with Crippen LogP contribution in [0.4, 0.5) is 0 Å². The van der Waals surface area contributed by atoms with Crippen LogP contribution in [0.1, 0.15) is 32.8 Å². The van der Waals surface area contributed by atoms with Crippen molar-refractivity contribution in [3.8, 4) is 5.75 Å². The number of rotatable bonds is 8. The zero-order valence-electron chi connectivity index (χ0n) is 11.2. The Morgan fingerprint density at radius 1 is 1.06 bits per heavy atom. The highest BCUT2D eigenvalue weighted by Gasteiger charge is 1.96. The van der Waals surface area contributed by atoms with Gasteiger partial charge in [0.25, 0.3) is 0 Å². The van der Waals surface area contributed by atoms with Crippen LogP contribution in [0, 0.1) is 5.92 Å². The minimum absolute atomic E-state index is 0.586. The summed E-state index contributed by atoms with van der Waals surface area (Å²) in [5, 5.41) is 0. The highest BCUT2D eigenvalue weighted by atomic mass is 16.5. The van der Waals surface area contributed by atoms with Gasteiger partial charge in [-0.05, 0) is 30.0 Å². The van der Waals surface area contributed by atoms with Gasteiger partial charge in [-0.1, -0.05) is 39.3 Å². The second-order valence-corrected chi connectivity index (χ2v) is 4.71. The van der Waals surface area contributed by atoms with E-state index >= 15 is 0 Å². The van der Waals surface area contributed by atoms with Crippen LogP contribution in [0.25, 0.3) is 0 Å². The molecular formula is C15H24O2. The van der Waals surface area contributed by atoms with E-state index in [4.69, 9.17) is 9.47 Å². The molecule has 0 saturated heterocycles. The van der Waals surface area contributed by atoms with E-state index in [1.165, 1.54) is 12.0 Å². The lowest BCUT2D eigenvalue weighted by Gasteiger charge is -2.09. The number of benzene rings is 1. The van der Waals surface area contributed by atoms with Crippen LogP contribution in [-0.2, 0) is 11.2 Å². The summed E-state index contributed by atoms with van der Waals surface area (Å²) in [6.45, 7) is 8.57. The van der Waals surface area contributed by atoms with Crippen molar-refractivity contribution in [2.45, 2.75) is 33.6 Å². The quantitative estimate of drug-likeness (QED) is 0.641. The summed E-state index contributed by atoms with van der Waals surface area (Å²) in [7, 11) is 0. The minimum atomic E-state index is 0.586. The largest absolute Gasteiger partial charge is 0.491 e. The Bertz CT molecular complexity index is 290. The van der Waals surface area contributed by atoms with E-state index in [1.54, 1.807) is 0 Å². The normalized spacial score (nSPS) is 10.8. The monoisotopic (exact) mass is 236 g/mol. The second-order valence-electron chi connectivity index (χ2n) is 4.71. The van der Waals surface area contributed by atoms with Crippen LogP contribution in [0.2, 0.25) is 0 Å². The predicted octanol–water partition coefficient (Wildman–Crippen LogP) is 3.69. The third-order valence-electron chi connectivity index (χ3n) is 2.41. The second kappa shape index (κ2) is 8.13. The molecule has 0 aromatic heterocycles. The first kappa shape index (κ1) is 14.0. The smallest absolute Gasteiger partial charge is 0.119 e. The van der Waals surface area contributed by atoms with Crippen molar-refractivity contribution in [2.24, 2.45) is 5.92 Å². The molecule has 0 aliphatic heterocycles. The summed E-state index contributed by atoms with van der Waals surface area (Å²) in [4.78, 5) is 0. The maximum atomic E-state index is 5.60. The predicted molar refractivity (Wildman–Crippen MR) is 71.6 cm³/mol. The van der Waals surface area contributed by atoms with Crippen LogP contribution in [0.5, 0.6) is 5.75 Å². The molecule has 1 aromatic carbocycles. The molecule has 2 nitrogen and oxygen atoms in total. The van der Waals surface area contributed by atoms with E-state index in [1.807, 2.05) is 12.1 Å². The molecule has 0 radical (unpaired) electrons. The van der Waals surface area contributed by atoms with Gasteiger partial charge in [-0.15, -0.1) is 0 Å². The highest BCUT2D eigenvalue weighted by Crippen LogP contribution is 2.13. The van der Waals surface area contributed by atoms with E-state index in [9.17, 15) is 0 Å². The lowest BCUT2D eigenvalue weighted by molar-refractivity contribution is 0.0819. The minimum Gasteiger partial charge on any atom is -0.491 e. The summed E-state index contributed by atoms with van der Waals surface area (Å²) < 4.78 is 11.1. The van der Waals surface area contributed by atoms with Crippen LogP contribution >= 0.6 is 0 Å². The summed E-state index contributed by atoms with van der Waals surface area (Å²) in [6.07, 6.45) is 2.32. The topological polar surface area (TPSA) is 18.5 Å². The molecular weight excluding hydrogens is 212 g/mol. The number of ether oxygens (including phenoxy) is 2. The number of hydrogen-bond acceptors (Lipinski definition) is 2. The van der Waals surface area contributed by atoms with Gasteiger partial charge in [0.05, 0.1) is 6.61 Å². The van der Waals surface area contributed by atoms with Crippen LogP contribution in [-0.4, -0.2) is 19.8 Å². The van der Waals surface area contributed by atoms with Gasteiger partial charge in [-0.2, -0.15) is 0 Å². The third-order valence-corrected chi connectivity index (χ3v) is 2.41. The molecule has 0 spiro atoms. The molecule has 0 heterocycles. The van der Waals surface area contributed by atoms with Gasteiger partial charge < -0.3 is 9.47 Å². The Morgan fingerprint density at radius 3 is 2.35 bits per heavy atom. The molecule has 2 heteroatoms. The number of aryl methyl sites for hydroxylation is 1. The molecule has 17 heavy (non-hydrogen) atoms. The first-order chi connectivity index (χ1) is 8.22. The Kier molecular flexibility index (Phi) is 6.71. The number of hydrogen-bond donors (Lipinski definition) is 0. The molecule has 0 bridgehead atoms. The summed E-state index contributed by atoms with van der Waals surface area (Å²) in [5.74, 6) is 1.52. The van der Waals surface area contributed by atoms with Crippen molar-refractivity contribution in [1.82, 2.24) is 0 Å². The van der Waals surface area contributed by atoms with Crippen LogP contribution < -0.4 is 4.74 Å². The molecule has 0 saturated carbocycles. The summed E-state index contributed by atoms with van der Waals surface area (Å²) >= 11 is 0. The highest BCUT2D eigenvalue weighted by molar-refractivity contribution is 5.27. The van der Waals surface area contributed by atoms with Gasteiger partial charge in [0.2, 0.25) is 0 Å². The van der Waals surface area contributed by atoms with Gasteiger partial charge in [-0.3, -0.25) is 0 Å². The van der Waals surface area contributed by atoms with Crippen molar-refractivity contribution in [3.05, 3.63) is 29.8 Å². The first-order valence-electron chi connectivity index (χ1n) is 6.52. The summed E-state index contributed by atoms with van der Waals surface area (Å²) in [5.41, 5.74) is 1.37. The van der Waals surface area contributed by atoms with Crippen molar-refractivity contribution in [3.63, 3.8) is 0 Å². The van der Waals surface area contributed by atoms with Crippen molar-refractivity contribution in [2.75, 3.05) is 19.8 Å². The third kappa shape index (κ3) is 6.32. The fourth-order valence-corrected chi connectivity index (χ4v) is 1.58. The Labute approximate surface area is 105 Å².